The van der Waals surface area contributed by atoms with Crippen molar-refractivity contribution in [2.75, 3.05) is 0 Å². The molecular formula is C16H25N. The molecule has 1 heteroatoms. The van der Waals surface area contributed by atoms with Gasteiger partial charge in [0.05, 0.1) is 5.70 Å². The van der Waals surface area contributed by atoms with E-state index in [1.165, 1.54) is 17.7 Å². The predicted molar refractivity (Wildman–Crippen MR) is 79.5 cm³/mol. The molecule has 1 aliphatic rings. The lowest BCUT2D eigenvalue weighted by molar-refractivity contribution is 1.09. The van der Waals surface area contributed by atoms with Crippen LogP contribution in [-0.4, -0.2) is 5.71 Å². The molecule has 1 aromatic carbocycles. The number of nitrogens with zero attached hydrogens (tertiary/aromatic N) is 1. The van der Waals surface area contributed by atoms with Gasteiger partial charge in [0.15, 0.2) is 0 Å². The maximum atomic E-state index is 4.44. The topological polar surface area (TPSA) is 12.4 Å². The Bertz CT molecular complexity index is 347. The molecule has 0 atom stereocenters. The monoisotopic (exact) mass is 231 g/mol. The van der Waals surface area contributed by atoms with E-state index in [2.05, 4.69) is 44.0 Å². The molecule has 0 aliphatic carbocycles. The SMILES string of the molecule is CC.CC1=NC(c2ccccc2)=CC1.CCC. The number of hydrogen-bond donors (Lipinski definition) is 0. The largest absolute Gasteiger partial charge is 0.258 e. The van der Waals surface area contributed by atoms with E-state index in [1.807, 2.05) is 32.0 Å². The molecule has 0 aromatic heterocycles. The molecule has 0 unspecified atom stereocenters. The Morgan fingerprint density at radius 3 is 2.00 bits per heavy atom. The lowest BCUT2D eigenvalue weighted by Crippen LogP contribution is -1.80. The van der Waals surface area contributed by atoms with Crippen LogP contribution in [0.15, 0.2) is 41.4 Å². The molecule has 94 valence electrons. The second-order valence-corrected chi connectivity index (χ2v) is 3.71. The van der Waals surface area contributed by atoms with Gasteiger partial charge in [-0.2, -0.15) is 0 Å². The Hall–Kier alpha value is -1.37. The minimum atomic E-state index is 1.00. The maximum Gasteiger partial charge on any atom is 0.0665 e. The van der Waals surface area contributed by atoms with Crippen LogP contribution in [0.5, 0.6) is 0 Å². The maximum absolute atomic E-state index is 4.44. The minimum absolute atomic E-state index is 1.00. The van der Waals surface area contributed by atoms with E-state index < -0.39 is 0 Å². The summed E-state index contributed by atoms with van der Waals surface area (Å²) in [4.78, 5) is 4.44. The van der Waals surface area contributed by atoms with Crippen molar-refractivity contribution in [3.05, 3.63) is 42.0 Å². The van der Waals surface area contributed by atoms with Crippen LogP contribution in [0.3, 0.4) is 0 Å². The first-order chi connectivity index (χ1) is 8.27. The van der Waals surface area contributed by atoms with Crippen molar-refractivity contribution in [1.29, 1.82) is 0 Å². The molecule has 0 saturated carbocycles. The zero-order chi connectivity index (χ0) is 13.1. The van der Waals surface area contributed by atoms with Gasteiger partial charge >= 0.3 is 0 Å². The molecule has 0 bridgehead atoms. The molecule has 17 heavy (non-hydrogen) atoms. The van der Waals surface area contributed by atoms with E-state index in [-0.39, 0.29) is 0 Å². The lowest BCUT2D eigenvalue weighted by atomic mass is 10.1. The first-order valence-corrected chi connectivity index (χ1v) is 6.57. The zero-order valence-corrected chi connectivity index (χ0v) is 11.8. The summed E-state index contributed by atoms with van der Waals surface area (Å²) in [6.07, 6.45) is 4.43. The smallest absolute Gasteiger partial charge is 0.0665 e. The van der Waals surface area contributed by atoms with Crippen LogP contribution in [0.25, 0.3) is 5.70 Å². The number of hydrogen-bond acceptors (Lipinski definition) is 1. The van der Waals surface area contributed by atoms with Gasteiger partial charge in [-0.1, -0.05) is 70.5 Å². The van der Waals surface area contributed by atoms with E-state index >= 15 is 0 Å². The highest BCUT2D eigenvalue weighted by Gasteiger charge is 2.05. The van der Waals surface area contributed by atoms with Gasteiger partial charge in [0, 0.05) is 12.1 Å². The van der Waals surface area contributed by atoms with Crippen LogP contribution in [0.4, 0.5) is 0 Å². The molecule has 0 radical (unpaired) electrons. The van der Waals surface area contributed by atoms with Crippen molar-refractivity contribution < 1.29 is 0 Å². The highest BCUT2D eigenvalue weighted by atomic mass is 14.8. The summed E-state index contributed by atoms with van der Waals surface area (Å²) in [5, 5.41) is 0. The summed E-state index contributed by atoms with van der Waals surface area (Å²) < 4.78 is 0. The summed E-state index contributed by atoms with van der Waals surface area (Å²) in [5.74, 6) is 0. The van der Waals surface area contributed by atoms with Gasteiger partial charge in [-0.3, -0.25) is 4.99 Å². The van der Waals surface area contributed by atoms with Gasteiger partial charge in [-0.05, 0) is 12.5 Å². The summed E-state index contributed by atoms with van der Waals surface area (Å²) in [7, 11) is 0. The van der Waals surface area contributed by atoms with Crippen molar-refractivity contribution >= 4 is 11.4 Å². The van der Waals surface area contributed by atoms with Crippen LogP contribution >= 0.6 is 0 Å². The van der Waals surface area contributed by atoms with E-state index in [4.69, 9.17) is 0 Å². The van der Waals surface area contributed by atoms with Gasteiger partial charge < -0.3 is 0 Å². The molecule has 0 fully saturated rings. The Labute approximate surface area is 106 Å². The third kappa shape index (κ3) is 6.06. The highest BCUT2D eigenvalue weighted by Crippen LogP contribution is 2.21. The second kappa shape index (κ2) is 9.83. The standard InChI is InChI=1S/C11H11N.C3H8.C2H6/c1-9-7-8-11(12-9)10-5-3-2-4-6-10;1-3-2;1-2/h2-6,8H,7H2,1H3;3H2,1-2H3;1-2H3. The van der Waals surface area contributed by atoms with E-state index in [0.29, 0.717) is 0 Å². The molecule has 0 saturated heterocycles. The van der Waals surface area contributed by atoms with Crippen LogP contribution in [0.2, 0.25) is 0 Å². The molecule has 1 aromatic rings. The Kier molecular flexibility index (Phi) is 9.04. The number of allylic oxidation sites excluding steroid dienone is 1. The van der Waals surface area contributed by atoms with Crippen molar-refractivity contribution in [1.82, 2.24) is 0 Å². The third-order valence-corrected chi connectivity index (χ3v) is 1.97. The fraction of sp³-hybridized carbons (Fsp3) is 0.438. The van der Waals surface area contributed by atoms with Crippen molar-refractivity contribution in [2.45, 2.75) is 47.5 Å². The summed E-state index contributed by atoms with van der Waals surface area (Å²) in [6.45, 7) is 10.3. The summed E-state index contributed by atoms with van der Waals surface area (Å²) in [6, 6.07) is 10.3. The van der Waals surface area contributed by atoms with Gasteiger partial charge in [0.25, 0.3) is 0 Å². The molecule has 0 spiro atoms. The second-order valence-electron chi connectivity index (χ2n) is 3.71. The predicted octanol–water partition coefficient (Wildman–Crippen LogP) is 5.33. The van der Waals surface area contributed by atoms with Crippen LogP contribution in [0.1, 0.15) is 53.0 Å². The Balaban J connectivity index is 0.000000450. The molecule has 1 heterocycles. The Morgan fingerprint density at radius 1 is 1.06 bits per heavy atom. The molecule has 1 nitrogen and oxygen atoms in total. The molecular weight excluding hydrogens is 206 g/mol. The van der Waals surface area contributed by atoms with Gasteiger partial charge in [0.2, 0.25) is 0 Å². The summed E-state index contributed by atoms with van der Waals surface area (Å²) in [5.41, 5.74) is 3.54. The molecule has 2 rings (SSSR count). The van der Waals surface area contributed by atoms with Crippen molar-refractivity contribution in [3.63, 3.8) is 0 Å². The van der Waals surface area contributed by atoms with Crippen molar-refractivity contribution in [2.24, 2.45) is 4.99 Å². The minimum Gasteiger partial charge on any atom is -0.258 e. The molecule has 1 aliphatic heterocycles. The third-order valence-electron chi connectivity index (χ3n) is 1.97. The van der Waals surface area contributed by atoms with E-state index in [1.54, 1.807) is 0 Å². The fourth-order valence-electron chi connectivity index (χ4n) is 1.33. The first kappa shape index (κ1) is 15.6. The number of benzene rings is 1. The zero-order valence-electron chi connectivity index (χ0n) is 11.8. The number of rotatable bonds is 1. The average molecular weight is 231 g/mol. The van der Waals surface area contributed by atoms with Crippen LogP contribution < -0.4 is 0 Å². The fourth-order valence-corrected chi connectivity index (χ4v) is 1.33. The van der Waals surface area contributed by atoms with Crippen LogP contribution in [-0.2, 0) is 0 Å². The molecule has 0 amide bonds. The highest BCUT2D eigenvalue weighted by molar-refractivity contribution is 5.94. The normalized spacial score (nSPS) is 12.5. The van der Waals surface area contributed by atoms with Gasteiger partial charge in [0.1, 0.15) is 0 Å². The lowest BCUT2D eigenvalue weighted by Gasteiger charge is -1.96. The van der Waals surface area contributed by atoms with Crippen LogP contribution in [0, 0.1) is 0 Å². The quantitative estimate of drug-likeness (QED) is 0.619. The van der Waals surface area contributed by atoms with Gasteiger partial charge in [-0.15, -0.1) is 0 Å². The Morgan fingerprint density at radius 2 is 1.59 bits per heavy atom. The average Bonchev–Trinajstić information content (AvgIpc) is 2.81. The summed E-state index contributed by atoms with van der Waals surface area (Å²) >= 11 is 0. The number of aliphatic imine (C=N–C) groups is 1. The molecule has 0 N–H and O–H groups in total. The van der Waals surface area contributed by atoms with Gasteiger partial charge in [-0.25, -0.2) is 0 Å². The van der Waals surface area contributed by atoms with E-state index in [0.717, 1.165) is 12.1 Å². The van der Waals surface area contributed by atoms with E-state index in [9.17, 15) is 0 Å². The first-order valence-electron chi connectivity index (χ1n) is 6.57. The van der Waals surface area contributed by atoms with Crippen molar-refractivity contribution in [3.8, 4) is 0 Å².